The highest BCUT2D eigenvalue weighted by Crippen LogP contribution is 2.19. The van der Waals surface area contributed by atoms with Crippen LogP contribution in [0.1, 0.15) is 39.5 Å². The Morgan fingerprint density at radius 1 is 1.57 bits per heavy atom. The summed E-state index contributed by atoms with van der Waals surface area (Å²) in [4.78, 5) is 11.4. The van der Waals surface area contributed by atoms with Gasteiger partial charge in [-0.05, 0) is 33.1 Å². The molecular formula is C10H20N2O2. The van der Waals surface area contributed by atoms with Crippen LogP contribution in [0.3, 0.4) is 0 Å². The highest BCUT2D eigenvalue weighted by molar-refractivity contribution is 5.76. The lowest BCUT2D eigenvalue weighted by Gasteiger charge is -2.32. The maximum Gasteiger partial charge on any atom is 0.220 e. The second-order valence-electron chi connectivity index (χ2n) is 4.88. The van der Waals surface area contributed by atoms with Crippen LogP contribution in [0.4, 0.5) is 0 Å². The summed E-state index contributed by atoms with van der Waals surface area (Å²) in [6.07, 6.45) is 2.32. The summed E-state index contributed by atoms with van der Waals surface area (Å²) < 4.78 is 0. The van der Waals surface area contributed by atoms with Crippen molar-refractivity contribution >= 4 is 5.91 Å². The van der Waals surface area contributed by atoms with E-state index in [1.54, 1.807) is 0 Å². The van der Waals surface area contributed by atoms with Crippen molar-refractivity contribution < 1.29 is 9.90 Å². The number of rotatable bonds is 4. The number of amides is 1. The average molecular weight is 200 g/mol. The van der Waals surface area contributed by atoms with Gasteiger partial charge in [-0.1, -0.05) is 0 Å². The summed E-state index contributed by atoms with van der Waals surface area (Å²) in [5.74, 6) is 0.0421. The van der Waals surface area contributed by atoms with Crippen LogP contribution >= 0.6 is 0 Å². The number of aliphatic hydroxyl groups excluding tert-OH is 1. The SMILES string of the molecule is CC(C)(N)CCC(=O)NC1CC(O)C1. The Bertz CT molecular complexity index is 205. The maximum absolute atomic E-state index is 11.4. The van der Waals surface area contributed by atoms with Gasteiger partial charge in [0, 0.05) is 18.0 Å². The third kappa shape index (κ3) is 4.07. The van der Waals surface area contributed by atoms with E-state index < -0.39 is 0 Å². The Balaban J connectivity index is 2.11. The number of hydrogen-bond acceptors (Lipinski definition) is 3. The van der Waals surface area contributed by atoms with Crippen molar-refractivity contribution in [3.05, 3.63) is 0 Å². The quantitative estimate of drug-likeness (QED) is 0.604. The van der Waals surface area contributed by atoms with E-state index in [1.165, 1.54) is 0 Å². The van der Waals surface area contributed by atoms with E-state index >= 15 is 0 Å². The molecule has 0 saturated heterocycles. The standard InChI is InChI=1S/C10H20N2O2/c1-10(2,11)4-3-9(14)12-7-5-8(13)6-7/h7-8,13H,3-6,11H2,1-2H3,(H,12,14). The molecule has 0 unspecified atom stereocenters. The van der Waals surface area contributed by atoms with Gasteiger partial charge in [0.25, 0.3) is 0 Å². The fraction of sp³-hybridized carbons (Fsp3) is 0.900. The number of aliphatic hydroxyl groups is 1. The molecule has 0 aromatic rings. The molecule has 1 fully saturated rings. The van der Waals surface area contributed by atoms with Crippen molar-refractivity contribution in [3.63, 3.8) is 0 Å². The van der Waals surface area contributed by atoms with Gasteiger partial charge in [0.2, 0.25) is 5.91 Å². The zero-order valence-corrected chi connectivity index (χ0v) is 8.92. The molecule has 1 rings (SSSR count). The summed E-state index contributed by atoms with van der Waals surface area (Å²) in [6, 6.07) is 0.179. The van der Waals surface area contributed by atoms with Crippen LogP contribution in [0.2, 0.25) is 0 Å². The van der Waals surface area contributed by atoms with Crippen LogP contribution in [-0.2, 0) is 4.79 Å². The normalized spacial score (nSPS) is 26.9. The predicted molar refractivity (Wildman–Crippen MR) is 54.7 cm³/mol. The third-order valence-corrected chi connectivity index (χ3v) is 2.47. The Labute approximate surface area is 84.9 Å². The van der Waals surface area contributed by atoms with Crippen molar-refractivity contribution in [1.82, 2.24) is 5.32 Å². The average Bonchev–Trinajstić information content (AvgIpc) is 1.97. The molecule has 1 amide bonds. The Kier molecular flexibility index (Phi) is 3.50. The molecule has 14 heavy (non-hydrogen) atoms. The molecule has 1 aliphatic rings. The van der Waals surface area contributed by atoms with Gasteiger partial charge in [-0.2, -0.15) is 0 Å². The topological polar surface area (TPSA) is 75.4 Å². The number of nitrogens with one attached hydrogen (secondary N) is 1. The number of nitrogens with two attached hydrogens (primary N) is 1. The molecular weight excluding hydrogens is 180 g/mol. The van der Waals surface area contributed by atoms with Crippen LogP contribution in [0.5, 0.6) is 0 Å². The van der Waals surface area contributed by atoms with Crippen LogP contribution in [-0.4, -0.2) is 28.7 Å². The van der Waals surface area contributed by atoms with Gasteiger partial charge in [0.1, 0.15) is 0 Å². The van der Waals surface area contributed by atoms with E-state index in [0.717, 1.165) is 0 Å². The van der Waals surface area contributed by atoms with Gasteiger partial charge in [-0.15, -0.1) is 0 Å². The molecule has 4 nitrogen and oxygen atoms in total. The van der Waals surface area contributed by atoms with E-state index in [-0.39, 0.29) is 23.6 Å². The minimum absolute atomic E-state index is 0.0421. The van der Waals surface area contributed by atoms with Crippen molar-refractivity contribution in [2.45, 2.75) is 57.2 Å². The van der Waals surface area contributed by atoms with Crippen molar-refractivity contribution in [2.75, 3.05) is 0 Å². The zero-order valence-electron chi connectivity index (χ0n) is 8.92. The lowest BCUT2D eigenvalue weighted by Crippen LogP contribution is -2.47. The minimum atomic E-state index is -0.281. The molecule has 82 valence electrons. The van der Waals surface area contributed by atoms with Crippen LogP contribution in [0.15, 0.2) is 0 Å². The third-order valence-electron chi connectivity index (χ3n) is 2.47. The molecule has 0 heterocycles. The van der Waals surface area contributed by atoms with Crippen molar-refractivity contribution in [2.24, 2.45) is 5.73 Å². The number of carbonyl (C=O) groups excluding carboxylic acids is 1. The molecule has 0 aliphatic heterocycles. The van der Waals surface area contributed by atoms with E-state index in [4.69, 9.17) is 10.8 Å². The highest BCUT2D eigenvalue weighted by atomic mass is 16.3. The molecule has 0 spiro atoms. The molecule has 0 radical (unpaired) electrons. The van der Waals surface area contributed by atoms with Crippen molar-refractivity contribution in [3.8, 4) is 0 Å². The van der Waals surface area contributed by atoms with Gasteiger partial charge in [-0.3, -0.25) is 4.79 Å². The van der Waals surface area contributed by atoms with E-state index in [9.17, 15) is 4.79 Å². The first kappa shape index (κ1) is 11.5. The molecule has 0 bridgehead atoms. The summed E-state index contributed by atoms with van der Waals surface area (Å²) in [5.41, 5.74) is 5.48. The van der Waals surface area contributed by atoms with Crippen LogP contribution in [0, 0.1) is 0 Å². The Hall–Kier alpha value is -0.610. The van der Waals surface area contributed by atoms with Gasteiger partial charge in [-0.25, -0.2) is 0 Å². The summed E-state index contributed by atoms with van der Waals surface area (Å²) >= 11 is 0. The minimum Gasteiger partial charge on any atom is -0.393 e. The van der Waals surface area contributed by atoms with E-state index in [1.807, 2.05) is 13.8 Å². The second-order valence-corrected chi connectivity index (χ2v) is 4.88. The molecule has 1 saturated carbocycles. The summed E-state index contributed by atoms with van der Waals surface area (Å²) in [5, 5.41) is 11.9. The molecule has 4 N–H and O–H groups in total. The second kappa shape index (κ2) is 4.28. The largest absolute Gasteiger partial charge is 0.393 e. The van der Waals surface area contributed by atoms with Gasteiger partial charge in [0.05, 0.1) is 6.10 Å². The first-order chi connectivity index (χ1) is 6.37. The zero-order chi connectivity index (χ0) is 10.8. The smallest absolute Gasteiger partial charge is 0.220 e. The molecule has 1 aliphatic carbocycles. The van der Waals surface area contributed by atoms with Gasteiger partial charge < -0.3 is 16.2 Å². The fourth-order valence-corrected chi connectivity index (χ4v) is 1.44. The molecule has 0 aromatic carbocycles. The monoisotopic (exact) mass is 200 g/mol. The summed E-state index contributed by atoms with van der Waals surface area (Å²) in [7, 11) is 0. The predicted octanol–water partition coefficient (Wildman–Crippen LogP) is 0.143. The number of hydrogen-bond donors (Lipinski definition) is 3. The Morgan fingerprint density at radius 2 is 2.14 bits per heavy atom. The maximum atomic E-state index is 11.4. The number of carbonyl (C=O) groups is 1. The van der Waals surface area contributed by atoms with Crippen LogP contribution < -0.4 is 11.1 Å². The molecule has 0 atom stereocenters. The van der Waals surface area contributed by atoms with Crippen molar-refractivity contribution in [1.29, 1.82) is 0 Å². The lowest BCUT2D eigenvalue weighted by atomic mass is 9.89. The Morgan fingerprint density at radius 3 is 2.57 bits per heavy atom. The molecule has 4 heteroatoms. The first-order valence-corrected chi connectivity index (χ1v) is 5.13. The van der Waals surface area contributed by atoms with E-state index in [0.29, 0.717) is 25.7 Å². The summed E-state index contributed by atoms with van der Waals surface area (Å²) in [6.45, 7) is 3.82. The van der Waals surface area contributed by atoms with E-state index in [2.05, 4.69) is 5.32 Å². The first-order valence-electron chi connectivity index (χ1n) is 5.13. The molecule has 0 aromatic heterocycles. The lowest BCUT2D eigenvalue weighted by molar-refractivity contribution is -0.123. The van der Waals surface area contributed by atoms with Crippen LogP contribution in [0.25, 0.3) is 0 Å². The fourth-order valence-electron chi connectivity index (χ4n) is 1.44. The van der Waals surface area contributed by atoms with Gasteiger partial charge >= 0.3 is 0 Å². The van der Waals surface area contributed by atoms with Gasteiger partial charge in [0.15, 0.2) is 0 Å². The highest BCUT2D eigenvalue weighted by Gasteiger charge is 2.28.